The number of hydrogen-bond acceptors (Lipinski definition) is 2. The van der Waals surface area contributed by atoms with Crippen molar-refractivity contribution in [3.63, 3.8) is 0 Å². The molecule has 1 aliphatic carbocycles. The molecule has 0 radical (unpaired) electrons. The molecule has 0 aliphatic heterocycles. The number of nitriles is 1. The molecule has 1 saturated carbocycles. The summed E-state index contributed by atoms with van der Waals surface area (Å²) in [5.74, 6) is 0.903. The van der Waals surface area contributed by atoms with E-state index >= 15 is 0 Å². The Bertz CT molecular complexity index is 197. The summed E-state index contributed by atoms with van der Waals surface area (Å²) in [6.07, 6.45) is 6.57. The lowest BCUT2D eigenvalue weighted by Crippen LogP contribution is -2.25. The topological polar surface area (TPSA) is 35.8 Å². The minimum atomic E-state index is -0.164. The maximum absolute atomic E-state index is 8.83. The quantitative estimate of drug-likeness (QED) is 0.683. The van der Waals surface area contributed by atoms with Crippen LogP contribution in [-0.2, 0) is 0 Å². The molecular formula is C12H22N2. The smallest absolute Gasteiger partial charge is 0.0684 e. The largest absolute Gasteiger partial charge is 0.316 e. The molecule has 1 fully saturated rings. The van der Waals surface area contributed by atoms with E-state index in [1.54, 1.807) is 0 Å². The SMILES string of the molecule is CC(C)(C#N)CCNCC1CCCC1. The van der Waals surface area contributed by atoms with Crippen LogP contribution < -0.4 is 5.32 Å². The fourth-order valence-electron chi connectivity index (χ4n) is 1.98. The number of rotatable bonds is 5. The second-order valence-electron chi connectivity index (χ2n) is 5.10. The molecule has 0 saturated heterocycles. The van der Waals surface area contributed by atoms with Gasteiger partial charge in [0.2, 0.25) is 0 Å². The van der Waals surface area contributed by atoms with E-state index in [1.807, 2.05) is 13.8 Å². The highest BCUT2D eigenvalue weighted by Gasteiger charge is 2.17. The highest BCUT2D eigenvalue weighted by Crippen LogP contribution is 2.24. The van der Waals surface area contributed by atoms with Crippen LogP contribution in [0.3, 0.4) is 0 Å². The standard InChI is InChI=1S/C12H22N2/c1-12(2,10-13)7-8-14-9-11-5-3-4-6-11/h11,14H,3-9H2,1-2H3. The first kappa shape index (κ1) is 11.5. The lowest BCUT2D eigenvalue weighted by molar-refractivity contribution is 0.410. The Morgan fingerprint density at radius 2 is 2.00 bits per heavy atom. The highest BCUT2D eigenvalue weighted by molar-refractivity contribution is 4.91. The van der Waals surface area contributed by atoms with Gasteiger partial charge in [0.15, 0.2) is 0 Å². The van der Waals surface area contributed by atoms with Crippen LogP contribution in [0.25, 0.3) is 0 Å². The van der Waals surface area contributed by atoms with Crippen LogP contribution in [-0.4, -0.2) is 13.1 Å². The lowest BCUT2D eigenvalue weighted by Gasteiger charge is -2.16. The predicted molar refractivity (Wildman–Crippen MR) is 58.8 cm³/mol. The summed E-state index contributed by atoms with van der Waals surface area (Å²) in [5, 5.41) is 12.3. The van der Waals surface area contributed by atoms with Gasteiger partial charge in [0, 0.05) is 0 Å². The molecule has 0 heterocycles. The summed E-state index contributed by atoms with van der Waals surface area (Å²) in [5.41, 5.74) is -0.164. The van der Waals surface area contributed by atoms with Gasteiger partial charge in [-0.3, -0.25) is 0 Å². The third-order valence-electron chi connectivity index (χ3n) is 3.14. The maximum atomic E-state index is 8.83. The van der Waals surface area contributed by atoms with Gasteiger partial charge in [0.25, 0.3) is 0 Å². The average Bonchev–Trinajstić information content (AvgIpc) is 2.65. The zero-order valence-corrected chi connectivity index (χ0v) is 9.47. The molecular weight excluding hydrogens is 172 g/mol. The van der Waals surface area contributed by atoms with Crippen molar-refractivity contribution in [1.29, 1.82) is 5.26 Å². The molecule has 0 unspecified atom stereocenters. The van der Waals surface area contributed by atoms with Crippen LogP contribution >= 0.6 is 0 Å². The van der Waals surface area contributed by atoms with E-state index in [4.69, 9.17) is 5.26 Å². The minimum Gasteiger partial charge on any atom is -0.316 e. The molecule has 0 aromatic carbocycles. The van der Waals surface area contributed by atoms with Crippen LogP contribution in [0.15, 0.2) is 0 Å². The summed E-state index contributed by atoms with van der Waals surface area (Å²) < 4.78 is 0. The molecule has 1 N–H and O–H groups in total. The van der Waals surface area contributed by atoms with Crippen molar-refractivity contribution in [3.05, 3.63) is 0 Å². The van der Waals surface area contributed by atoms with E-state index in [0.717, 1.165) is 25.4 Å². The zero-order chi connectivity index (χ0) is 10.4. The fourth-order valence-corrected chi connectivity index (χ4v) is 1.98. The first-order valence-electron chi connectivity index (χ1n) is 5.76. The van der Waals surface area contributed by atoms with Crippen molar-refractivity contribution >= 4 is 0 Å². The third-order valence-corrected chi connectivity index (χ3v) is 3.14. The van der Waals surface area contributed by atoms with E-state index in [2.05, 4.69) is 11.4 Å². The number of nitrogens with zero attached hydrogens (tertiary/aromatic N) is 1. The van der Waals surface area contributed by atoms with Crippen LogP contribution in [0, 0.1) is 22.7 Å². The second kappa shape index (κ2) is 5.36. The molecule has 80 valence electrons. The van der Waals surface area contributed by atoms with E-state index < -0.39 is 0 Å². The van der Waals surface area contributed by atoms with Crippen molar-refractivity contribution in [2.24, 2.45) is 11.3 Å². The van der Waals surface area contributed by atoms with Crippen LogP contribution in [0.5, 0.6) is 0 Å². The molecule has 0 amide bonds. The van der Waals surface area contributed by atoms with Gasteiger partial charge in [-0.25, -0.2) is 0 Å². The first-order valence-corrected chi connectivity index (χ1v) is 5.76. The monoisotopic (exact) mass is 194 g/mol. The van der Waals surface area contributed by atoms with E-state index in [-0.39, 0.29) is 5.41 Å². The first-order chi connectivity index (χ1) is 6.64. The number of nitrogens with one attached hydrogen (secondary N) is 1. The summed E-state index contributed by atoms with van der Waals surface area (Å²) in [7, 11) is 0. The second-order valence-corrected chi connectivity index (χ2v) is 5.10. The van der Waals surface area contributed by atoms with Crippen molar-refractivity contribution in [1.82, 2.24) is 5.32 Å². The van der Waals surface area contributed by atoms with Gasteiger partial charge in [0.1, 0.15) is 0 Å². The Kier molecular flexibility index (Phi) is 4.41. The average molecular weight is 194 g/mol. The Balaban J connectivity index is 2.02. The summed E-state index contributed by atoms with van der Waals surface area (Å²) >= 11 is 0. The van der Waals surface area contributed by atoms with E-state index in [0.29, 0.717) is 0 Å². The van der Waals surface area contributed by atoms with Crippen molar-refractivity contribution in [2.75, 3.05) is 13.1 Å². The highest BCUT2D eigenvalue weighted by atomic mass is 14.9. The van der Waals surface area contributed by atoms with Gasteiger partial charge in [0.05, 0.1) is 11.5 Å². The lowest BCUT2D eigenvalue weighted by atomic mass is 9.91. The molecule has 14 heavy (non-hydrogen) atoms. The predicted octanol–water partition coefficient (Wildman–Crippen LogP) is 2.71. The normalized spacial score (nSPS) is 18.4. The fraction of sp³-hybridized carbons (Fsp3) is 0.917. The van der Waals surface area contributed by atoms with Crippen LogP contribution in [0.1, 0.15) is 46.0 Å². The zero-order valence-electron chi connectivity index (χ0n) is 9.47. The molecule has 2 nitrogen and oxygen atoms in total. The van der Waals surface area contributed by atoms with E-state index in [9.17, 15) is 0 Å². The Hall–Kier alpha value is -0.550. The van der Waals surface area contributed by atoms with Crippen molar-refractivity contribution in [3.8, 4) is 6.07 Å². The van der Waals surface area contributed by atoms with Gasteiger partial charge in [-0.15, -0.1) is 0 Å². The Labute approximate surface area is 87.7 Å². The van der Waals surface area contributed by atoms with E-state index in [1.165, 1.54) is 25.7 Å². The Morgan fingerprint density at radius 3 is 2.57 bits per heavy atom. The molecule has 2 heteroatoms. The molecule has 0 spiro atoms. The summed E-state index contributed by atoms with van der Waals surface area (Å²) in [6.45, 7) is 6.15. The summed E-state index contributed by atoms with van der Waals surface area (Å²) in [4.78, 5) is 0. The molecule has 1 aliphatic rings. The van der Waals surface area contributed by atoms with Gasteiger partial charge in [-0.1, -0.05) is 12.8 Å². The molecule has 0 bridgehead atoms. The van der Waals surface area contributed by atoms with Gasteiger partial charge >= 0.3 is 0 Å². The van der Waals surface area contributed by atoms with Crippen molar-refractivity contribution in [2.45, 2.75) is 46.0 Å². The maximum Gasteiger partial charge on any atom is 0.0684 e. The van der Waals surface area contributed by atoms with Crippen molar-refractivity contribution < 1.29 is 0 Å². The molecule has 0 aromatic heterocycles. The molecule has 0 aromatic rings. The summed E-state index contributed by atoms with van der Waals surface area (Å²) in [6, 6.07) is 2.33. The molecule has 1 rings (SSSR count). The third kappa shape index (κ3) is 4.11. The molecule has 0 atom stereocenters. The van der Waals surface area contributed by atoms with Crippen LogP contribution in [0.4, 0.5) is 0 Å². The minimum absolute atomic E-state index is 0.164. The van der Waals surface area contributed by atoms with Gasteiger partial charge in [-0.2, -0.15) is 5.26 Å². The van der Waals surface area contributed by atoms with Crippen LogP contribution in [0.2, 0.25) is 0 Å². The number of hydrogen-bond donors (Lipinski definition) is 1. The van der Waals surface area contributed by atoms with Gasteiger partial charge < -0.3 is 5.32 Å². The Morgan fingerprint density at radius 1 is 1.36 bits per heavy atom. The van der Waals surface area contributed by atoms with Gasteiger partial charge in [-0.05, 0) is 52.1 Å².